The Hall–Kier alpha value is -0.340. The molecule has 2 heteroatoms. The lowest BCUT2D eigenvalue weighted by atomic mass is 9.68. The van der Waals surface area contributed by atoms with Crippen molar-refractivity contribution in [3.05, 3.63) is 33.3 Å². The van der Waals surface area contributed by atoms with Gasteiger partial charge in [-0.15, -0.1) is 0 Å². The molecule has 1 aliphatic carbocycles. The highest BCUT2D eigenvalue weighted by Gasteiger charge is 2.32. The molecule has 0 heterocycles. The Bertz CT molecular complexity index is 493. The second-order valence-electron chi connectivity index (χ2n) is 7.96. The molecule has 1 aromatic rings. The van der Waals surface area contributed by atoms with E-state index in [0.717, 1.165) is 5.92 Å². The van der Waals surface area contributed by atoms with Crippen LogP contribution in [0.2, 0.25) is 0 Å². The standard InChI is InChI=1S/C19H30BrN/c1-12-11-17(20)13(2)10-16(12)18(21)14-6-8-15(9-7-14)19(3,4)5/h10-11,14-15,18H,6-9,21H2,1-5H3. The summed E-state index contributed by atoms with van der Waals surface area (Å²) in [4.78, 5) is 0. The first-order valence-electron chi connectivity index (χ1n) is 8.22. The molecule has 0 aliphatic heterocycles. The smallest absolute Gasteiger partial charge is 0.0326 e. The van der Waals surface area contributed by atoms with Crippen molar-refractivity contribution in [2.45, 2.75) is 66.3 Å². The molecule has 0 radical (unpaired) electrons. The summed E-state index contributed by atoms with van der Waals surface area (Å²) in [6.07, 6.45) is 5.21. The van der Waals surface area contributed by atoms with Crippen LogP contribution in [0.25, 0.3) is 0 Å². The highest BCUT2D eigenvalue weighted by Crippen LogP contribution is 2.43. The third-order valence-corrected chi connectivity index (χ3v) is 6.27. The quantitative estimate of drug-likeness (QED) is 0.703. The summed E-state index contributed by atoms with van der Waals surface area (Å²) in [7, 11) is 0. The SMILES string of the molecule is Cc1cc(C(N)C2CCC(C(C)(C)C)CC2)c(C)cc1Br. The van der Waals surface area contributed by atoms with Crippen LogP contribution in [0.5, 0.6) is 0 Å². The molecule has 0 saturated heterocycles. The van der Waals surface area contributed by atoms with Gasteiger partial charge in [0.05, 0.1) is 0 Å². The Kier molecular flexibility index (Phi) is 5.20. The fraction of sp³-hybridized carbons (Fsp3) is 0.684. The summed E-state index contributed by atoms with van der Waals surface area (Å²) in [5.41, 5.74) is 11.0. The van der Waals surface area contributed by atoms with Crippen LogP contribution in [0.4, 0.5) is 0 Å². The Morgan fingerprint density at radius 3 is 2.14 bits per heavy atom. The molecule has 2 rings (SSSR count). The summed E-state index contributed by atoms with van der Waals surface area (Å²) in [5, 5.41) is 0. The highest BCUT2D eigenvalue weighted by molar-refractivity contribution is 9.10. The van der Waals surface area contributed by atoms with E-state index >= 15 is 0 Å². The van der Waals surface area contributed by atoms with Gasteiger partial charge >= 0.3 is 0 Å². The average molecular weight is 352 g/mol. The largest absolute Gasteiger partial charge is 0.324 e. The molecule has 118 valence electrons. The van der Waals surface area contributed by atoms with Gasteiger partial charge in [-0.2, -0.15) is 0 Å². The van der Waals surface area contributed by atoms with Gasteiger partial charge in [0.25, 0.3) is 0 Å². The average Bonchev–Trinajstić information content (AvgIpc) is 2.41. The third kappa shape index (κ3) is 3.90. The van der Waals surface area contributed by atoms with Crippen molar-refractivity contribution < 1.29 is 0 Å². The molecule has 1 atom stereocenters. The first kappa shape index (κ1) is 17.0. The maximum Gasteiger partial charge on any atom is 0.0326 e. The van der Waals surface area contributed by atoms with Gasteiger partial charge in [0.1, 0.15) is 0 Å². The van der Waals surface area contributed by atoms with Crippen LogP contribution in [-0.2, 0) is 0 Å². The van der Waals surface area contributed by atoms with Crippen molar-refractivity contribution in [1.29, 1.82) is 0 Å². The van der Waals surface area contributed by atoms with Crippen molar-refractivity contribution in [1.82, 2.24) is 0 Å². The Morgan fingerprint density at radius 1 is 1.05 bits per heavy atom. The van der Waals surface area contributed by atoms with Crippen molar-refractivity contribution in [3.63, 3.8) is 0 Å². The fourth-order valence-corrected chi connectivity index (χ4v) is 4.22. The third-order valence-electron chi connectivity index (χ3n) is 5.41. The van der Waals surface area contributed by atoms with Gasteiger partial charge < -0.3 is 5.73 Å². The Morgan fingerprint density at radius 2 is 1.62 bits per heavy atom. The summed E-state index contributed by atoms with van der Waals surface area (Å²) < 4.78 is 1.19. The van der Waals surface area contributed by atoms with Gasteiger partial charge in [-0.1, -0.05) is 42.8 Å². The number of rotatable bonds is 2. The molecule has 0 amide bonds. The maximum atomic E-state index is 6.63. The molecule has 1 nitrogen and oxygen atoms in total. The van der Waals surface area contributed by atoms with Crippen molar-refractivity contribution >= 4 is 15.9 Å². The number of aryl methyl sites for hydroxylation is 2. The number of halogens is 1. The summed E-state index contributed by atoms with van der Waals surface area (Å²) in [6.45, 7) is 11.5. The molecule has 0 spiro atoms. The van der Waals surface area contributed by atoms with Gasteiger partial charge in [-0.25, -0.2) is 0 Å². The van der Waals surface area contributed by atoms with Crippen molar-refractivity contribution in [3.8, 4) is 0 Å². The maximum absolute atomic E-state index is 6.63. The zero-order valence-electron chi connectivity index (χ0n) is 14.2. The lowest BCUT2D eigenvalue weighted by Gasteiger charge is -2.39. The molecular formula is C19H30BrN. The highest BCUT2D eigenvalue weighted by atomic mass is 79.9. The molecule has 21 heavy (non-hydrogen) atoms. The fourth-order valence-electron chi connectivity index (χ4n) is 3.76. The molecule has 1 aromatic carbocycles. The zero-order valence-corrected chi connectivity index (χ0v) is 15.8. The normalized spacial score (nSPS) is 24.9. The van der Waals surface area contributed by atoms with Crippen LogP contribution in [0.1, 0.15) is 69.2 Å². The number of hydrogen-bond acceptors (Lipinski definition) is 1. The van der Waals surface area contributed by atoms with Crippen LogP contribution in [-0.4, -0.2) is 0 Å². The van der Waals surface area contributed by atoms with Crippen molar-refractivity contribution in [2.75, 3.05) is 0 Å². The lowest BCUT2D eigenvalue weighted by Crippen LogP contribution is -2.31. The van der Waals surface area contributed by atoms with Crippen LogP contribution in [0.3, 0.4) is 0 Å². The van der Waals surface area contributed by atoms with E-state index in [1.54, 1.807) is 0 Å². The van der Waals surface area contributed by atoms with E-state index in [2.05, 4.69) is 62.7 Å². The minimum atomic E-state index is 0.192. The molecule has 1 aliphatic rings. The first-order chi connectivity index (χ1) is 9.70. The molecule has 1 fully saturated rings. The zero-order chi connectivity index (χ0) is 15.8. The van der Waals surface area contributed by atoms with Crippen LogP contribution in [0.15, 0.2) is 16.6 Å². The van der Waals surface area contributed by atoms with Crippen molar-refractivity contribution in [2.24, 2.45) is 23.0 Å². The predicted octanol–water partition coefficient (Wildman–Crippen LogP) is 5.92. The van der Waals surface area contributed by atoms with E-state index in [4.69, 9.17) is 5.73 Å². The molecule has 2 N–H and O–H groups in total. The summed E-state index contributed by atoms with van der Waals surface area (Å²) >= 11 is 3.61. The number of nitrogens with two attached hydrogens (primary N) is 1. The minimum Gasteiger partial charge on any atom is -0.324 e. The second-order valence-corrected chi connectivity index (χ2v) is 8.82. The molecule has 1 unspecified atom stereocenters. The monoisotopic (exact) mass is 351 g/mol. The van der Waals surface area contributed by atoms with E-state index in [1.165, 1.54) is 46.8 Å². The second kappa shape index (κ2) is 6.42. The predicted molar refractivity (Wildman–Crippen MR) is 95.4 cm³/mol. The molecule has 0 aromatic heterocycles. The summed E-state index contributed by atoms with van der Waals surface area (Å²) in [6, 6.07) is 4.68. The van der Waals surface area contributed by atoms with Crippen LogP contribution >= 0.6 is 15.9 Å². The topological polar surface area (TPSA) is 26.0 Å². The van der Waals surface area contributed by atoms with E-state index in [9.17, 15) is 0 Å². The summed E-state index contributed by atoms with van der Waals surface area (Å²) in [5.74, 6) is 1.50. The molecular weight excluding hydrogens is 322 g/mol. The van der Waals surface area contributed by atoms with Gasteiger partial charge in [-0.3, -0.25) is 0 Å². The minimum absolute atomic E-state index is 0.192. The van der Waals surface area contributed by atoms with Crippen LogP contribution in [0, 0.1) is 31.1 Å². The van der Waals surface area contributed by atoms with Gasteiger partial charge in [0, 0.05) is 10.5 Å². The number of hydrogen-bond donors (Lipinski definition) is 1. The first-order valence-corrected chi connectivity index (χ1v) is 9.01. The van der Waals surface area contributed by atoms with E-state index in [-0.39, 0.29) is 6.04 Å². The van der Waals surface area contributed by atoms with E-state index in [1.807, 2.05) is 0 Å². The number of benzene rings is 1. The Labute approximate surface area is 138 Å². The van der Waals surface area contributed by atoms with Gasteiger partial charge in [0.15, 0.2) is 0 Å². The van der Waals surface area contributed by atoms with E-state index in [0.29, 0.717) is 11.3 Å². The van der Waals surface area contributed by atoms with Gasteiger partial charge in [0.2, 0.25) is 0 Å². The Balaban J connectivity index is 2.09. The molecule has 0 bridgehead atoms. The lowest BCUT2D eigenvalue weighted by molar-refractivity contribution is 0.139. The van der Waals surface area contributed by atoms with E-state index < -0.39 is 0 Å². The van der Waals surface area contributed by atoms with Crippen LogP contribution < -0.4 is 5.73 Å². The van der Waals surface area contributed by atoms with Gasteiger partial charge in [-0.05, 0) is 79.5 Å². The molecule has 1 saturated carbocycles.